The van der Waals surface area contributed by atoms with E-state index in [0.717, 1.165) is 40.5 Å². The minimum absolute atomic E-state index is 0. The summed E-state index contributed by atoms with van der Waals surface area (Å²) < 4.78 is 6.04. The van der Waals surface area contributed by atoms with Gasteiger partial charge in [0, 0.05) is 16.2 Å². The first-order valence-corrected chi connectivity index (χ1v) is 17.2. The van der Waals surface area contributed by atoms with Crippen molar-refractivity contribution in [2.75, 3.05) is 0 Å². The van der Waals surface area contributed by atoms with Crippen LogP contribution in [0.5, 0.6) is 0 Å². The van der Waals surface area contributed by atoms with Gasteiger partial charge in [-0.3, -0.25) is 20.6 Å². The van der Waals surface area contributed by atoms with E-state index in [0.29, 0.717) is 0 Å². The molecule has 0 atom stereocenters. The first-order chi connectivity index (χ1) is 23.7. The Morgan fingerprint density at radius 3 is 0.980 bits per heavy atom. The van der Waals surface area contributed by atoms with E-state index < -0.39 is 0 Å². The summed E-state index contributed by atoms with van der Waals surface area (Å²) in [6, 6.07) is 38.3. The zero-order chi connectivity index (χ0) is 36.3. The van der Waals surface area contributed by atoms with Crippen LogP contribution in [0.25, 0.3) is 0 Å². The van der Waals surface area contributed by atoms with E-state index in [1.54, 1.807) is 0 Å². The van der Waals surface area contributed by atoms with Crippen molar-refractivity contribution in [3.8, 4) is 0 Å². The van der Waals surface area contributed by atoms with E-state index in [4.69, 9.17) is 21.9 Å². The largest absolute Gasteiger partial charge is 2.00 e. The third kappa shape index (κ3) is 7.75. The van der Waals surface area contributed by atoms with Gasteiger partial charge >= 0.3 is 17.1 Å². The van der Waals surface area contributed by atoms with Crippen molar-refractivity contribution in [1.29, 1.82) is 0 Å². The summed E-state index contributed by atoms with van der Waals surface area (Å²) in [6.45, 7) is 27.8. The average Bonchev–Trinajstić information content (AvgIpc) is 3.84. The second-order valence-electron chi connectivity index (χ2n) is 14.4. The van der Waals surface area contributed by atoms with Crippen LogP contribution in [0.4, 0.5) is 0 Å². The molecule has 0 bridgehead atoms. The van der Waals surface area contributed by atoms with Crippen LogP contribution in [-0.2, 0) is 33.3 Å². The van der Waals surface area contributed by atoms with Gasteiger partial charge in [0.1, 0.15) is 0 Å². The van der Waals surface area contributed by atoms with Gasteiger partial charge in [-0.25, -0.2) is 12.2 Å². The van der Waals surface area contributed by atoms with E-state index >= 15 is 0 Å². The zero-order valence-corrected chi connectivity index (χ0v) is 32.6. The first kappa shape index (κ1) is 39.0. The van der Waals surface area contributed by atoms with Crippen molar-refractivity contribution >= 4 is 0 Å². The van der Waals surface area contributed by atoms with Gasteiger partial charge in [0.05, 0.1) is 17.1 Å². The van der Waals surface area contributed by atoms with E-state index in [-0.39, 0.29) is 33.3 Å². The Hall–Kier alpha value is -4.84. The molecule has 1 radical (unpaired) electrons. The summed E-state index contributed by atoms with van der Waals surface area (Å²) in [6.07, 6.45) is 3.67. The molecule has 0 aliphatic heterocycles. The molecule has 6 rings (SSSR count). The molecule has 0 N–H and O–H groups in total. The molecule has 3 aromatic heterocycles. The standard InChI is InChI=1S/C40H45N6.C4H5.Mn/c1-28-25-34(38(4,5)31-19-13-10-14-20-31)41-44(28)37(45-29(2)26-35(42-45)39(6,7)32-21-15-11-16-22-32)46-30(3)27-36(43-46)40(8,9)33-23-17-12-18-24-33;1-3-4-2;/h10-27H,1-9H3;1,3-4H,2H2;/q2*-1;+2. The molecule has 263 valence electrons. The molecule has 0 aliphatic carbocycles. The molecular formula is C44H50MnN6. The summed E-state index contributed by atoms with van der Waals surface area (Å²) in [5.41, 5.74) is 8.70. The molecule has 0 amide bonds. The van der Waals surface area contributed by atoms with Crippen LogP contribution < -0.4 is 0 Å². The van der Waals surface area contributed by atoms with Crippen LogP contribution in [0.2, 0.25) is 0 Å². The van der Waals surface area contributed by atoms with Gasteiger partial charge < -0.3 is 0 Å². The Labute approximate surface area is 315 Å². The maximum Gasteiger partial charge on any atom is 2.00 e. The summed E-state index contributed by atoms with van der Waals surface area (Å²) in [7, 11) is 0. The predicted molar refractivity (Wildman–Crippen MR) is 205 cm³/mol. The van der Waals surface area contributed by atoms with Crippen LogP contribution >= 0.6 is 0 Å². The Kier molecular flexibility index (Phi) is 11.9. The van der Waals surface area contributed by atoms with Gasteiger partial charge in [-0.2, -0.15) is 21.9 Å². The SMILES string of the molecule is Cc1cc(C(C)(C)c2ccccc2)nn1[C-](n1nc(C(C)(C)c2ccccc2)cc1C)n1nc(C(C)(C)c2ccccc2)cc1C.[CH-]=CC=C.[Mn+2]. The van der Waals surface area contributed by atoms with Crippen LogP contribution in [0.1, 0.15) is 92.4 Å². The topological polar surface area (TPSA) is 53.5 Å². The Bertz CT molecular complexity index is 1810. The summed E-state index contributed by atoms with van der Waals surface area (Å²) in [5.74, 6) is 0. The number of nitrogens with zero attached hydrogens (tertiary/aromatic N) is 6. The number of hydrogen-bond acceptors (Lipinski definition) is 3. The normalized spacial score (nSPS) is 11.6. The molecule has 6 aromatic rings. The van der Waals surface area contributed by atoms with Crippen LogP contribution in [0.15, 0.2) is 128 Å². The van der Waals surface area contributed by atoms with Crippen LogP contribution in [0.3, 0.4) is 0 Å². The minimum Gasteiger partial charge on any atom is -0.293 e. The number of hydrogen-bond donors (Lipinski definition) is 0. The third-order valence-electron chi connectivity index (χ3n) is 9.77. The molecule has 0 saturated carbocycles. The second-order valence-corrected chi connectivity index (χ2v) is 14.4. The number of benzene rings is 3. The van der Waals surface area contributed by atoms with Crippen LogP contribution in [0, 0.1) is 33.6 Å². The fourth-order valence-corrected chi connectivity index (χ4v) is 6.22. The molecule has 7 heteroatoms. The third-order valence-corrected chi connectivity index (χ3v) is 9.77. The minimum atomic E-state index is -0.304. The monoisotopic (exact) mass is 717 g/mol. The van der Waals surface area contributed by atoms with Gasteiger partial charge in [-0.1, -0.05) is 172 Å². The van der Waals surface area contributed by atoms with E-state index in [1.165, 1.54) is 28.8 Å². The Morgan fingerprint density at radius 2 is 0.765 bits per heavy atom. The number of rotatable bonds is 10. The first-order valence-electron chi connectivity index (χ1n) is 17.2. The zero-order valence-electron chi connectivity index (χ0n) is 31.4. The van der Waals surface area contributed by atoms with Crippen LogP contribution in [-0.4, -0.2) is 29.3 Å². The van der Waals surface area contributed by atoms with Crippen molar-refractivity contribution < 1.29 is 17.1 Å². The van der Waals surface area contributed by atoms with E-state index in [2.05, 4.69) is 178 Å². The fourth-order valence-electron chi connectivity index (χ4n) is 6.22. The molecule has 3 heterocycles. The number of allylic oxidation sites excluding steroid dienone is 2. The molecule has 0 aliphatic rings. The maximum atomic E-state index is 5.31. The molecule has 6 nitrogen and oxygen atoms in total. The molecule has 0 fully saturated rings. The molecular weight excluding hydrogens is 667 g/mol. The Morgan fingerprint density at radius 1 is 0.529 bits per heavy atom. The van der Waals surface area contributed by atoms with E-state index in [9.17, 15) is 0 Å². The van der Waals surface area contributed by atoms with Gasteiger partial charge in [-0.05, 0) is 33.8 Å². The number of aromatic nitrogens is 6. The van der Waals surface area contributed by atoms with Gasteiger partial charge in [0.15, 0.2) is 6.29 Å². The van der Waals surface area contributed by atoms with E-state index in [1.807, 2.05) is 14.0 Å². The van der Waals surface area contributed by atoms with Crippen molar-refractivity contribution in [2.24, 2.45) is 0 Å². The Balaban J connectivity index is 0.00000111. The second kappa shape index (κ2) is 15.6. The van der Waals surface area contributed by atoms with Crippen molar-refractivity contribution in [1.82, 2.24) is 29.3 Å². The quantitative estimate of drug-likeness (QED) is 0.0806. The molecule has 0 spiro atoms. The molecule has 3 aromatic carbocycles. The number of aryl methyl sites for hydroxylation is 3. The molecule has 0 saturated heterocycles. The summed E-state index contributed by atoms with van der Waals surface area (Å²) in [5, 5.41) is 15.9. The van der Waals surface area contributed by atoms with Gasteiger partial charge in [0.25, 0.3) is 0 Å². The van der Waals surface area contributed by atoms with Gasteiger partial charge in [-0.15, -0.1) is 0 Å². The van der Waals surface area contributed by atoms with Crippen molar-refractivity contribution in [3.63, 3.8) is 0 Å². The van der Waals surface area contributed by atoms with Gasteiger partial charge in [0.2, 0.25) is 0 Å². The maximum absolute atomic E-state index is 5.31. The smallest absolute Gasteiger partial charge is 0.293 e. The summed E-state index contributed by atoms with van der Waals surface area (Å²) in [4.78, 5) is 0. The summed E-state index contributed by atoms with van der Waals surface area (Å²) >= 11 is 0. The van der Waals surface area contributed by atoms with Crippen molar-refractivity contribution in [3.05, 3.63) is 192 Å². The average molecular weight is 718 g/mol. The molecule has 51 heavy (non-hydrogen) atoms. The predicted octanol–water partition coefficient (Wildman–Crippen LogP) is 9.73. The fraction of sp³-hybridized carbons (Fsp3) is 0.273. The molecule has 0 unspecified atom stereocenters. The van der Waals surface area contributed by atoms with Crippen molar-refractivity contribution in [2.45, 2.75) is 78.6 Å².